The van der Waals surface area contributed by atoms with Crippen LogP contribution in [0.15, 0.2) is 11.6 Å². The Labute approximate surface area is 133 Å². The number of rotatable bonds is 3. The van der Waals surface area contributed by atoms with E-state index < -0.39 is 0 Å². The number of amides is 2. The molecule has 1 spiro atoms. The summed E-state index contributed by atoms with van der Waals surface area (Å²) in [5.74, 6) is 1.03. The predicted molar refractivity (Wildman–Crippen MR) is 86.0 cm³/mol. The van der Waals surface area contributed by atoms with Gasteiger partial charge in [-0.2, -0.15) is 11.8 Å². The number of aromatic nitrogens is 1. The summed E-state index contributed by atoms with van der Waals surface area (Å²) in [6.07, 6.45) is 4.73. The molecule has 0 unspecified atom stereocenters. The molecule has 1 aromatic heterocycles. The van der Waals surface area contributed by atoms with Crippen LogP contribution in [0, 0.1) is 0 Å². The summed E-state index contributed by atoms with van der Waals surface area (Å²) in [7, 11) is 0. The highest BCUT2D eigenvalue weighted by Gasteiger charge is 2.39. The fourth-order valence-electron chi connectivity index (χ4n) is 2.83. The molecule has 0 bridgehead atoms. The van der Waals surface area contributed by atoms with E-state index in [2.05, 4.69) is 10.3 Å². The van der Waals surface area contributed by atoms with Gasteiger partial charge in [-0.25, -0.2) is 9.78 Å². The number of hydrogen-bond donors (Lipinski definition) is 1. The van der Waals surface area contributed by atoms with Crippen LogP contribution in [0.5, 0.6) is 0 Å². The summed E-state index contributed by atoms with van der Waals surface area (Å²) in [4.78, 5) is 18.5. The van der Waals surface area contributed by atoms with Gasteiger partial charge in [0.1, 0.15) is 0 Å². The lowest BCUT2D eigenvalue weighted by atomic mass is 9.98. The van der Waals surface area contributed by atoms with Crippen LogP contribution >= 0.6 is 23.1 Å². The van der Waals surface area contributed by atoms with Crippen LogP contribution in [-0.2, 0) is 11.2 Å². The lowest BCUT2D eigenvalue weighted by Crippen LogP contribution is -2.54. The first-order valence-electron chi connectivity index (χ1n) is 7.40. The van der Waals surface area contributed by atoms with Crippen molar-refractivity contribution in [3.05, 3.63) is 16.6 Å². The highest BCUT2D eigenvalue weighted by atomic mass is 32.2. The first-order chi connectivity index (χ1) is 10.3. The fraction of sp³-hybridized carbons (Fsp3) is 0.714. The van der Waals surface area contributed by atoms with Crippen LogP contribution in [-0.4, -0.2) is 59.3 Å². The SMILES string of the molecule is O=C(NCCc1nccs1)N1CCSC2(CCOCC2)C1. The minimum absolute atomic E-state index is 0.0673. The second-order valence-electron chi connectivity index (χ2n) is 5.47. The van der Waals surface area contributed by atoms with Crippen molar-refractivity contribution in [1.29, 1.82) is 0 Å². The van der Waals surface area contributed by atoms with E-state index in [0.717, 1.165) is 56.3 Å². The van der Waals surface area contributed by atoms with Gasteiger partial charge in [0.25, 0.3) is 0 Å². The summed E-state index contributed by atoms with van der Waals surface area (Å²) >= 11 is 3.65. The Morgan fingerprint density at radius 1 is 1.48 bits per heavy atom. The van der Waals surface area contributed by atoms with E-state index in [1.54, 1.807) is 17.5 Å². The maximum atomic E-state index is 12.3. The number of urea groups is 1. The van der Waals surface area contributed by atoms with Crippen LogP contribution in [0.4, 0.5) is 4.79 Å². The van der Waals surface area contributed by atoms with Gasteiger partial charge in [0.15, 0.2) is 0 Å². The van der Waals surface area contributed by atoms with Crippen LogP contribution in [0.2, 0.25) is 0 Å². The third-order valence-corrected chi connectivity index (χ3v) is 6.41. The zero-order valence-corrected chi connectivity index (χ0v) is 13.7. The van der Waals surface area contributed by atoms with Crippen molar-refractivity contribution >= 4 is 29.1 Å². The zero-order chi connectivity index (χ0) is 14.5. The van der Waals surface area contributed by atoms with E-state index in [9.17, 15) is 4.79 Å². The number of nitrogens with one attached hydrogen (secondary N) is 1. The van der Waals surface area contributed by atoms with Crippen molar-refractivity contribution in [3.8, 4) is 0 Å². The zero-order valence-electron chi connectivity index (χ0n) is 12.0. The van der Waals surface area contributed by atoms with Crippen LogP contribution < -0.4 is 5.32 Å². The molecule has 2 amide bonds. The van der Waals surface area contributed by atoms with Gasteiger partial charge in [0.05, 0.1) is 5.01 Å². The standard InChI is InChI=1S/C14H21N3O2S2/c18-13(16-4-1-12-15-5-9-20-12)17-6-10-21-14(11-17)2-7-19-8-3-14/h5,9H,1-4,6-8,10-11H2,(H,16,18). The molecule has 2 aliphatic rings. The second kappa shape index (κ2) is 6.98. The number of thioether (sulfide) groups is 1. The van der Waals surface area contributed by atoms with Crippen molar-refractivity contribution in [2.45, 2.75) is 24.0 Å². The predicted octanol–water partition coefficient (Wildman–Crippen LogP) is 1.99. The first-order valence-corrected chi connectivity index (χ1v) is 9.27. The molecule has 3 heterocycles. The maximum Gasteiger partial charge on any atom is 0.317 e. The van der Waals surface area contributed by atoms with E-state index in [1.165, 1.54) is 0 Å². The number of ether oxygens (including phenoxy) is 1. The van der Waals surface area contributed by atoms with Gasteiger partial charge in [0.2, 0.25) is 0 Å². The Bertz CT molecular complexity index is 455. The molecule has 0 aliphatic carbocycles. The quantitative estimate of drug-likeness (QED) is 0.922. The minimum atomic E-state index is 0.0673. The second-order valence-corrected chi connectivity index (χ2v) is 8.02. The Morgan fingerprint density at radius 2 is 2.33 bits per heavy atom. The fourth-order valence-corrected chi connectivity index (χ4v) is 4.90. The summed E-state index contributed by atoms with van der Waals surface area (Å²) < 4.78 is 5.69. The molecule has 5 nitrogen and oxygen atoms in total. The van der Waals surface area contributed by atoms with Gasteiger partial charge in [-0.3, -0.25) is 0 Å². The van der Waals surface area contributed by atoms with E-state index in [-0.39, 0.29) is 10.8 Å². The largest absolute Gasteiger partial charge is 0.381 e. The van der Waals surface area contributed by atoms with Crippen molar-refractivity contribution in [2.24, 2.45) is 0 Å². The summed E-state index contributed by atoms with van der Waals surface area (Å²) in [6, 6.07) is 0.0673. The number of carbonyl (C=O) groups is 1. The number of nitrogens with zero attached hydrogens (tertiary/aromatic N) is 2. The minimum Gasteiger partial charge on any atom is -0.381 e. The van der Waals surface area contributed by atoms with Gasteiger partial charge in [0, 0.05) is 61.3 Å². The maximum absolute atomic E-state index is 12.3. The average Bonchev–Trinajstić information content (AvgIpc) is 3.01. The van der Waals surface area contributed by atoms with Crippen molar-refractivity contribution in [3.63, 3.8) is 0 Å². The molecular formula is C14H21N3O2S2. The summed E-state index contributed by atoms with van der Waals surface area (Å²) in [5.41, 5.74) is 0. The molecule has 2 saturated heterocycles. The Hall–Kier alpha value is -0.790. The van der Waals surface area contributed by atoms with E-state index in [1.807, 2.05) is 22.0 Å². The van der Waals surface area contributed by atoms with Gasteiger partial charge in [-0.05, 0) is 12.8 Å². The highest BCUT2D eigenvalue weighted by Crippen LogP contribution is 2.38. The van der Waals surface area contributed by atoms with Gasteiger partial charge in [-0.1, -0.05) is 0 Å². The molecule has 116 valence electrons. The molecule has 21 heavy (non-hydrogen) atoms. The molecule has 2 aliphatic heterocycles. The molecule has 0 radical (unpaired) electrons. The molecule has 0 atom stereocenters. The third-order valence-electron chi connectivity index (χ3n) is 4.04. The van der Waals surface area contributed by atoms with Gasteiger partial charge >= 0.3 is 6.03 Å². The molecule has 0 aromatic carbocycles. The topological polar surface area (TPSA) is 54.5 Å². The molecular weight excluding hydrogens is 306 g/mol. The first kappa shape index (κ1) is 15.1. The molecule has 0 saturated carbocycles. The third kappa shape index (κ3) is 3.90. The molecule has 1 N–H and O–H groups in total. The van der Waals surface area contributed by atoms with E-state index in [0.29, 0.717) is 6.54 Å². The van der Waals surface area contributed by atoms with E-state index in [4.69, 9.17) is 4.74 Å². The van der Waals surface area contributed by atoms with Crippen molar-refractivity contribution < 1.29 is 9.53 Å². The monoisotopic (exact) mass is 327 g/mol. The van der Waals surface area contributed by atoms with Gasteiger partial charge in [-0.15, -0.1) is 11.3 Å². The van der Waals surface area contributed by atoms with Crippen LogP contribution in [0.25, 0.3) is 0 Å². The molecule has 1 aromatic rings. The average molecular weight is 327 g/mol. The van der Waals surface area contributed by atoms with Crippen LogP contribution in [0.3, 0.4) is 0 Å². The Morgan fingerprint density at radius 3 is 3.10 bits per heavy atom. The van der Waals surface area contributed by atoms with Crippen LogP contribution in [0.1, 0.15) is 17.8 Å². The Balaban J connectivity index is 1.47. The number of hydrogen-bond acceptors (Lipinski definition) is 5. The molecule has 2 fully saturated rings. The lowest BCUT2D eigenvalue weighted by Gasteiger charge is -2.44. The molecule has 3 rings (SSSR count). The van der Waals surface area contributed by atoms with Crippen molar-refractivity contribution in [2.75, 3.05) is 38.6 Å². The molecule has 7 heteroatoms. The number of thiazole rings is 1. The lowest BCUT2D eigenvalue weighted by molar-refractivity contribution is 0.0670. The van der Waals surface area contributed by atoms with Crippen molar-refractivity contribution in [1.82, 2.24) is 15.2 Å². The smallest absolute Gasteiger partial charge is 0.317 e. The number of carbonyl (C=O) groups excluding carboxylic acids is 1. The summed E-state index contributed by atoms with van der Waals surface area (Å²) in [6.45, 7) is 4.01. The Kier molecular flexibility index (Phi) is 5.03. The summed E-state index contributed by atoms with van der Waals surface area (Å²) in [5, 5.41) is 6.07. The van der Waals surface area contributed by atoms with Gasteiger partial charge < -0.3 is 15.0 Å². The normalized spacial score (nSPS) is 21.4. The van der Waals surface area contributed by atoms with E-state index >= 15 is 0 Å². The highest BCUT2D eigenvalue weighted by molar-refractivity contribution is 8.00.